The van der Waals surface area contributed by atoms with Gasteiger partial charge >= 0.3 is 12.1 Å². The number of hydrogen-bond donors (Lipinski definition) is 1. The maximum Gasteiger partial charge on any atom is 0.434 e. The lowest BCUT2D eigenvalue weighted by Crippen LogP contribution is -2.39. The number of nitrogens with zero attached hydrogens (tertiary/aromatic N) is 3. The average molecular weight is 395 g/mol. The summed E-state index contributed by atoms with van der Waals surface area (Å²) in [5.41, 5.74) is -0.595. The van der Waals surface area contributed by atoms with E-state index in [-0.39, 0.29) is 31.1 Å². The minimum Gasteiger partial charge on any atom is -0.481 e. The Morgan fingerprint density at radius 1 is 1.25 bits per heavy atom. The van der Waals surface area contributed by atoms with Crippen LogP contribution in [0.4, 0.5) is 13.2 Å². The van der Waals surface area contributed by atoms with Crippen LogP contribution in [0.15, 0.2) is 30.5 Å². The van der Waals surface area contributed by atoms with Gasteiger partial charge in [0.1, 0.15) is 0 Å². The first-order chi connectivity index (χ1) is 13.2. The van der Waals surface area contributed by atoms with Crippen molar-refractivity contribution >= 4 is 11.9 Å². The number of alkyl halides is 3. The van der Waals surface area contributed by atoms with Crippen molar-refractivity contribution < 1.29 is 27.9 Å². The highest BCUT2D eigenvalue weighted by atomic mass is 19.4. The van der Waals surface area contributed by atoms with Crippen LogP contribution in [0.5, 0.6) is 0 Å². The van der Waals surface area contributed by atoms with Crippen molar-refractivity contribution in [3.05, 3.63) is 47.3 Å². The van der Waals surface area contributed by atoms with Crippen LogP contribution in [0.2, 0.25) is 0 Å². The molecule has 6 nitrogen and oxygen atoms in total. The lowest BCUT2D eigenvalue weighted by molar-refractivity contribution is -0.143. The van der Waals surface area contributed by atoms with E-state index in [1.807, 2.05) is 0 Å². The van der Waals surface area contributed by atoms with Gasteiger partial charge in [-0.05, 0) is 43.4 Å². The second-order valence-electron chi connectivity index (χ2n) is 6.99. The third-order valence-electron chi connectivity index (χ3n) is 4.88. The van der Waals surface area contributed by atoms with Crippen LogP contribution in [0.1, 0.15) is 40.9 Å². The van der Waals surface area contributed by atoms with Crippen molar-refractivity contribution in [2.75, 3.05) is 13.1 Å². The maximum absolute atomic E-state index is 13.8. The van der Waals surface area contributed by atoms with Gasteiger partial charge in [-0.1, -0.05) is 12.1 Å². The van der Waals surface area contributed by atoms with Gasteiger partial charge in [-0.15, -0.1) is 0 Å². The Labute approximate surface area is 159 Å². The molecule has 1 aliphatic heterocycles. The minimum atomic E-state index is -4.76. The molecule has 2 aromatic rings. The molecule has 1 fully saturated rings. The van der Waals surface area contributed by atoms with Crippen molar-refractivity contribution in [3.8, 4) is 5.69 Å². The molecule has 1 saturated heterocycles. The standard InChI is InChI=1S/C19H20F3N3O3/c1-12-3-2-4-14(9-12)25-17(19(20,21)22)15(11-23-25)18(28)24-7-5-13(6-8-24)10-16(26)27/h2-4,9,11,13H,5-8,10H2,1H3,(H,26,27). The summed E-state index contributed by atoms with van der Waals surface area (Å²) >= 11 is 0. The third kappa shape index (κ3) is 4.18. The Morgan fingerprint density at radius 3 is 2.50 bits per heavy atom. The van der Waals surface area contributed by atoms with E-state index in [1.165, 1.54) is 11.0 Å². The highest BCUT2D eigenvalue weighted by molar-refractivity contribution is 5.95. The number of carboxylic acids is 1. The second kappa shape index (κ2) is 7.65. The molecule has 2 heterocycles. The highest BCUT2D eigenvalue weighted by Crippen LogP contribution is 2.35. The number of aromatic nitrogens is 2. The fraction of sp³-hybridized carbons (Fsp3) is 0.421. The molecule has 1 aromatic heterocycles. The predicted molar refractivity (Wildman–Crippen MR) is 94.2 cm³/mol. The van der Waals surface area contributed by atoms with Crippen LogP contribution in [0.25, 0.3) is 5.69 Å². The van der Waals surface area contributed by atoms with Gasteiger partial charge in [-0.3, -0.25) is 9.59 Å². The van der Waals surface area contributed by atoms with E-state index < -0.39 is 29.3 Å². The zero-order chi connectivity index (χ0) is 20.5. The summed E-state index contributed by atoms with van der Waals surface area (Å²) < 4.78 is 42.0. The Kier molecular flexibility index (Phi) is 5.44. The molecule has 1 N–H and O–H groups in total. The van der Waals surface area contributed by atoms with Gasteiger partial charge in [-0.2, -0.15) is 18.3 Å². The van der Waals surface area contributed by atoms with E-state index in [1.54, 1.807) is 25.1 Å². The Hall–Kier alpha value is -2.84. The third-order valence-corrected chi connectivity index (χ3v) is 4.88. The molecule has 3 rings (SSSR count). The number of hydrogen-bond acceptors (Lipinski definition) is 3. The molecule has 0 aliphatic carbocycles. The largest absolute Gasteiger partial charge is 0.481 e. The highest BCUT2D eigenvalue weighted by Gasteiger charge is 2.41. The van der Waals surface area contributed by atoms with Gasteiger partial charge in [0.2, 0.25) is 0 Å². The summed E-state index contributed by atoms with van der Waals surface area (Å²) in [5, 5.41) is 12.7. The van der Waals surface area contributed by atoms with E-state index in [2.05, 4.69) is 5.10 Å². The van der Waals surface area contributed by atoms with Crippen LogP contribution in [-0.4, -0.2) is 44.8 Å². The molecule has 0 atom stereocenters. The minimum absolute atomic E-state index is 0.00111. The number of carbonyl (C=O) groups excluding carboxylic acids is 1. The number of carboxylic acid groups (broad SMARTS) is 1. The number of carbonyl (C=O) groups is 2. The predicted octanol–water partition coefficient (Wildman–Crippen LogP) is 3.53. The molecular formula is C19H20F3N3O3. The fourth-order valence-electron chi connectivity index (χ4n) is 3.49. The van der Waals surface area contributed by atoms with Gasteiger partial charge in [-0.25, -0.2) is 4.68 Å². The molecule has 1 aliphatic rings. The fourth-order valence-corrected chi connectivity index (χ4v) is 3.49. The summed E-state index contributed by atoms with van der Waals surface area (Å²) in [5.74, 6) is -1.72. The lowest BCUT2D eigenvalue weighted by atomic mass is 9.93. The maximum atomic E-state index is 13.8. The number of halogens is 3. The summed E-state index contributed by atoms with van der Waals surface area (Å²) in [6, 6.07) is 6.45. The van der Waals surface area contributed by atoms with Crippen molar-refractivity contribution in [1.82, 2.24) is 14.7 Å². The van der Waals surface area contributed by atoms with E-state index >= 15 is 0 Å². The molecule has 9 heteroatoms. The van der Waals surface area contributed by atoms with Crippen molar-refractivity contribution in [2.45, 2.75) is 32.4 Å². The van der Waals surface area contributed by atoms with E-state index in [0.29, 0.717) is 12.8 Å². The number of aliphatic carboxylic acids is 1. The van der Waals surface area contributed by atoms with Crippen LogP contribution in [0, 0.1) is 12.8 Å². The van der Waals surface area contributed by atoms with Crippen LogP contribution in [0.3, 0.4) is 0 Å². The molecule has 150 valence electrons. The average Bonchev–Trinajstić information content (AvgIpc) is 3.07. The van der Waals surface area contributed by atoms with E-state index in [0.717, 1.165) is 16.4 Å². The number of aryl methyl sites for hydroxylation is 1. The summed E-state index contributed by atoms with van der Waals surface area (Å²) in [6.45, 7) is 2.21. The molecule has 0 spiro atoms. The molecule has 0 unspecified atom stereocenters. The Morgan fingerprint density at radius 2 is 1.93 bits per heavy atom. The summed E-state index contributed by atoms with van der Waals surface area (Å²) in [6.07, 6.45) is -2.90. The number of piperidine rings is 1. The van der Waals surface area contributed by atoms with Crippen molar-refractivity contribution in [3.63, 3.8) is 0 Å². The second-order valence-corrected chi connectivity index (χ2v) is 6.99. The van der Waals surface area contributed by atoms with Gasteiger partial charge in [0.15, 0.2) is 5.69 Å². The smallest absolute Gasteiger partial charge is 0.434 e. The van der Waals surface area contributed by atoms with Crippen LogP contribution < -0.4 is 0 Å². The van der Waals surface area contributed by atoms with Gasteiger partial charge in [0.25, 0.3) is 5.91 Å². The van der Waals surface area contributed by atoms with Crippen LogP contribution >= 0.6 is 0 Å². The number of rotatable bonds is 4. The van der Waals surface area contributed by atoms with Gasteiger partial charge in [0.05, 0.1) is 17.4 Å². The topological polar surface area (TPSA) is 75.4 Å². The first-order valence-electron chi connectivity index (χ1n) is 8.90. The molecule has 1 aromatic carbocycles. The molecule has 0 bridgehead atoms. The van der Waals surface area contributed by atoms with Gasteiger partial charge in [0, 0.05) is 19.5 Å². The molecule has 0 radical (unpaired) electrons. The number of benzene rings is 1. The zero-order valence-electron chi connectivity index (χ0n) is 15.2. The van der Waals surface area contributed by atoms with E-state index in [9.17, 15) is 22.8 Å². The zero-order valence-corrected chi connectivity index (χ0v) is 15.2. The quantitative estimate of drug-likeness (QED) is 0.860. The molecular weight excluding hydrogens is 375 g/mol. The lowest BCUT2D eigenvalue weighted by Gasteiger charge is -2.31. The number of amides is 1. The molecule has 1 amide bonds. The number of likely N-dealkylation sites (tertiary alicyclic amines) is 1. The molecule has 28 heavy (non-hydrogen) atoms. The normalized spacial score (nSPS) is 15.6. The van der Waals surface area contributed by atoms with Crippen LogP contribution in [-0.2, 0) is 11.0 Å². The Bertz CT molecular complexity index is 884. The summed E-state index contributed by atoms with van der Waals surface area (Å²) in [4.78, 5) is 24.9. The van der Waals surface area contributed by atoms with Crippen molar-refractivity contribution in [2.24, 2.45) is 5.92 Å². The van der Waals surface area contributed by atoms with Crippen molar-refractivity contribution in [1.29, 1.82) is 0 Å². The monoisotopic (exact) mass is 395 g/mol. The molecule has 0 saturated carbocycles. The first-order valence-corrected chi connectivity index (χ1v) is 8.90. The first kappa shape index (κ1) is 19.9. The van der Waals surface area contributed by atoms with E-state index in [4.69, 9.17) is 5.11 Å². The summed E-state index contributed by atoms with van der Waals surface area (Å²) in [7, 11) is 0. The SMILES string of the molecule is Cc1cccc(-n2ncc(C(=O)N3CCC(CC(=O)O)CC3)c2C(F)(F)F)c1. The van der Waals surface area contributed by atoms with Gasteiger partial charge < -0.3 is 10.0 Å². The Balaban J connectivity index is 1.88.